The molecule has 192 valence electrons. The number of carbonyl (C=O) groups excluding carboxylic acids is 3. The molecule has 1 aliphatic rings. The summed E-state index contributed by atoms with van der Waals surface area (Å²) >= 11 is 0. The highest BCUT2D eigenvalue weighted by Gasteiger charge is 2.32. The number of carbonyl (C=O) groups is 3. The molecule has 2 aromatic heterocycles. The monoisotopic (exact) mass is 504 g/mol. The average Bonchev–Trinajstić information content (AvgIpc) is 3.33. The molecule has 1 aliphatic heterocycles. The second-order valence-electron chi connectivity index (χ2n) is 8.97. The second kappa shape index (κ2) is 10.9. The highest BCUT2D eigenvalue weighted by atomic mass is 16.5. The molecule has 0 radical (unpaired) electrons. The number of fused-ring (bicyclic) bond motifs is 1. The van der Waals surface area contributed by atoms with E-state index in [4.69, 9.17) is 15.7 Å². The molecule has 12 nitrogen and oxygen atoms in total. The van der Waals surface area contributed by atoms with Gasteiger partial charge in [0.2, 0.25) is 5.91 Å². The van der Waals surface area contributed by atoms with Crippen molar-refractivity contribution in [2.24, 2.45) is 11.7 Å². The number of likely N-dealkylation sites (tertiary alicyclic amines) is 1. The zero-order chi connectivity index (χ0) is 26.5. The van der Waals surface area contributed by atoms with E-state index in [-0.39, 0.29) is 25.0 Å². The van der Waals surface area contributed by atoms with Crippen LogP contribution in [0.2, 0.25) is 0 Å². The number of hydrogen-bond acceptors (Lipinski definition) is 8. The Morgan fingerprint density at radius 1 is 1.24 bits per heavy atom. The minimum absolute atomic E-state index is 0.0104. The highest BCUT2D eigenvalue weighted by molar-refractivity contribution is 5.99. The van der Waals surface area contributed by atoms with Gasteiger partial charge in [0.05, 0.1) is 17.5 Å². The minimum Gasteiger partial charge on any atom is -0.445 e. The molecule has 3 heterocycles. The number of aromatic nitrogens is 3. The Morgan fingerprint density at radius 3 is 2.70 bits per heavy atom. The Kier molecular flexibility index (Phi) is 7.52. The molecule has 1 fully saturated rings. The molecule has 3 N–H and O–H groups in total. The van der Waals surface area contributed by atoms with Gasteiger partial charge in [0.1, 0.15) is 25.2 Å². The van der Waals surface area contributed by atoms with Crippen LogP contribution in [0.15, 0.2) is 42.9 Å². The number of nitriles is 1. The Labute approximate surface area is 213 Å². The largest absolute Gasteiger partial charge is 0.445 e. The van der Waals surface area contributed by atoms with Gasteiger partial charge in [0.25, 0.3) is 0 Å². The summed E-state index contributed by atoms with van der Waals surface area (Å²) in [5.74, 6) is 0.779. The summed E-state index contributed by atoms with van der Waals surface area (Å²) in [6.07, 6.45) is 2.87. The number of rotatable bonds is 6. The van der Waals surface area contributed by atoms with Crippen LogP contribution in [0.1, 0.15) is 25.3 Å². The maximum absolute atomic E-state index is 13.0. The third-order valence-corrected chi connectivity index (χ3v) is 6.60. The molecule has 0 unspecified atom stereocenters. The van der Waals surface area contributed by atoms with Crippen LogP contribution in [0, 0.1) is 17.2 Å². The first-order valence-corrected chi connectivity index (χ1v) is 11.8. The Hall–Kier alpha value is -4.66. The number of amides is 3. The molecule has 0 bridgehead atoms. The number of nitrogens with one attached hydrogen (secondary N) is 1. The predicted octanol–water partition coefficient (Wildman–Crippen LogP) is 2.69. The molecule has 0 spiro atoms. The lowest BCUT2D eigenvalue weighted by Crippen LogP contribution is -2.52. The smallest absolute Gasteiger partial charge is 0.404 e. The zero-order valence-corrected chi connectivity index (χ0v) is 20.6. The van der Waals surface area contributed by atoms with E-state index in [0.29, 0.717) is 41.5 Å². The fourth-order valence-electron chi connectivity index (χ4n) is 4.52. The lowest BCUT2D eigenvalue weighted by molar-refractivity contribution is -0.131. The number of likely N-dealkylation sites (N-methyl/N-ethyl adjacent to an activating group) is 1. The summed E-state index contributed by atoms with van der Waals surface area (Å²) in [6.45, 7) is 3.30. The molecule has 37 heavy (non-hydrogen) atoms. The first-order chi connectivity index (χ1) is 17.8. The highest BCUT2D eigenvalue weighted by Crippen LogP contribution is 2.29. The minimum atomic E-state index is -0.855. The van der Waals surface area contributed by atoms with Gasteiger partial charge in [0, 0.05) is 32.0 Å². The van der Waals surface area contributed by atoms with Gasteiger partial charge in [-0.05, 0) is 36.1 Å². The number of ether oxygens (including phenoxy) is 1. The lowest BCUT2D eigenvalue weighted by Gasteiger charge is -2.42. The zero-order valence-electron chi connectivity index (χ0n) is 20.6. The Morgan fingerprint density at radius 2 is 2.00 bits per heavy atom. The summed E-state index contributed by atoms with van der Waals surface area (Å²) in [7, 11) is 1.92. The van der Waals surface area contributed by atoms with Gasteiger partial charge >= 0.3 is 12.1 Å². The van der Waals surface area contributed by atoms with Crippen LogP contribution in [-0.2, 0) is 16.1 Å². The van der Waals surface area contributed by atoms with E-state index in [1.54, 1.807) is 41.4 Å². The van der Waals surface area contributed by atoms with Crippen LogP contribution in [0.5, 0.6) is 0 Å². The summed E-state index contributed by atoms with van der Waals surface area (Å²) < 4.78 is 6.17. The van der Waals surface area contributed by atoms with Gasteiger partial charge < -0.3 is 25.6 Å². The van der Waals surface area contributed by atoms with Gasteiger partial charge in [-0.1, -0.05) is 19.1 Å². The number of piperidine rings is 1. The van der Waals surface area contributed by atoms with Crippen molar-refractivity contribution in [3.05, 3.63) is 48.4 Å². The molecule has 2 atom stereocenters. The third-order valence-electron chi connectivity index (χ3n) is 6.60. The van der Waals surface area contributed by atoms with Crippen LogP contribution in [0.3, 0.4) is 0 Å². The Balaban J connectivity index is 1.51. The number of hydrogen-bond donors (Lipinski definition) is 2. The summed E-state index contributed by atoms with van der Waals surface area (Å²) in [5.41, 5.74) is 6.71. The van der Waals surface area contributed by atoms with Gasteiger partial charge in [-0.2, -0.15) is 5.26 Å². The van der Waals surface area contributed by atoms with Gasteiger partial charge in [-0.25, -0.2) is 19.6 Å². The molecule has 1 aromatic carbocycles. The number of anilines is 2. The van der Waals surface area contributed by atoms with E-state index in [1.807, 2.05) is 18.0 Å². The number of nitrogens with zero attached hydrogens (tertiary/aromatic N) is 6. The van der Waals surface area contributed by atoms with E-state index >= 15 is 0 Å². The molecule has 0 aliphatic carbocycles. The summed E-state index contributed by atoms with van der Waals surface area (Å²) in [4.78, 5) is 48.7. The molecule has 3 aromatic rings. The molecule has 1 saturated heterocycles. The van der Waals surface area contributed by atoms with Crippen molar-refractivity contribution >= 4 is 40.6 Å². The average molecular weight is 505 g/mol. The van der Waals surface area contributed by atoms with Crippen molar-refractivity contribution in [1.82, 2.24) is 19.4 Å². The van der Waals surface area contributed by atoms with E-state index in [9.17, 15) is 14.4 Å². The summed E-state index contributed by atoms with van der Waals surface area (Å²) in [5, 5.41) is 12.4. The van der Waals surface area contributed by atoms with Crippen molar-refractivity contribution in [1.29, 1.82) is 5.26 Å². The maximum Gasteiger partial charge on any atom is 0.404 e. The third kappa shape index (κ3) is 5.61. The molecule has 3 amide bonds. The topological polar surface area (TPSA) is 159 Å². The first-order valence-electron chi connectivity index (χ1n) is 11.8. The van der Waals surface area contributed by atoms with E-state index in [1.165, 1.54) is 10.9 Å². The van der Waals surface area contributed by atoms with Crippen LogP contribution >= 0.6 is 0 Å². The molecular formula is C25H28N8O4. The lowest BCUT2D eigenvalue weighted by atomic mass is 9.92. The second-order valence-corrected chi connectivity index (χ2v) is 8.97. The molecule has 12 heteroatoms. The van der Waals surface area contributed by atoms with Crippen LogP contribution in [0.4, 0.5) is 21.1 Å². The summed E-state index contributed by atoms with van der Waals surface area (Å²) in [6, 6.07) is 10.1. The van der Waals surface area contributed by atoms with Gasteiger partial charge in [-0.15, -0.1) is 0 Å². The van der Waals surface area contributed by atoms with Crippen molar-refractivity contribution < 1.29 is 19.1 Å². The van der Waals surface area contributed by atoms with Crippen molar-refractivity contribution in [3.63, 3.8) is 0 Å². The van der Waals surface area contributed by atoms with E-state index < -0.39 is 12.1 Å². The van der Waals surface area contributed by atoms with Crippen LogP contribution in [0.25, 0.3) is 11.0 Å². The quantitative estimate of drug-likeness (QED) is 0.518. The standard InChI is InChI=1S/C25H28N8O4/c1-16-8-11-32(21(34)7-10-26)13-20(16)31(2)22-19-9-12-33(23(19)29-15-28-22)25(36)30-18-5-3-17(4-6-18)14-37-24(27)35/h3-6,9,12,15-16,20H,7-8,11,13-14H2,1-2H3,(H2,27,35)(H,30,36)/t16-,20+/m1/s1. The van der Waals surface area contributed by atoms with Gasteiger partial charge in [0.15, 0.2) is 5.65 Å². The molecular weight excluding hydrogens is 476 g/mol. The normalized spacial score (nSPS) is 17.2. The van der Waals surface area contributed by atoms with Crippen LogP contribution < -0.4 is 16.0 Å². The SMILES string of the molecule is C[C@@H]1CCN(C(=O)CC#N)C[C@@H]1N(C)c1ncnc2c1ccn2C(=O)Nc1ccc(COC(N)=O)cc1. The fourth-order valence-corrected chi connectivity index (χ4v) is 4.52. The van der Waals surface area contributed by atoms with E-state index in [0.717, 1.165) is 12.0 Å². The molecule has 0 saturated carbocycles. The maximum atomic E-state index is 13.0. The number of nitrogens with two attached hydrogens (primary N) is 1. The van der Waals surface area contributed by atoms with Crippen LogP contribution in [-0.4, -0.2) is 63.6 Å². The fraction of sp³-hybridized carbons (Fsp3) is 0.360. The van der Waals surface area contributed by atoms with Crippen molar-refractivity contribution in [2.45, 2.75) is 32.4 Å². The van der Waals surface area contributed by atoms with Gasteiger partial charge in [-0.3, -0.25) is 9.36 Å². The number of benzene rings is 1. The predicted molar refractivity (Wildman–Crippen MR) is 136 cm³/mol. The van der Waals surface area contributed by atoms with Crippen molar-refractivity contribution in [3.8, 4) is 6.07 Å². The Bertz CT molecular complexity index is 1350. The molecule has 4 rings (SSSR count). The first kappa shape index (κ1) is 25.4. The number of primary amides is 1. The van der Waals surface area contributed by atoms with Crippen molar-refractivity contribution in [2.75, 3.05) is 30.4 Å². The van der Waals surface area contributed by atoms with E-state index in [2.05, 4.69) is 22.2 Å².